The average molecular weight is 454 g/mol. The first-order valence-electron chi connectivity index (χ1n) is 6.56. The Labute approximate surface area is 135 Å². The van der Waals surface area contributed by atoms with Crippen LogP contribution in [-0.4, -0.2) is 16.5 Å². The van der Waals surface area contributed by atoms with Crippen LogP contribution in [0, 0.1) is 6.07 Å². The van der Waals surface area contributed by atoms with Crippen molar-refractivity contribution in [3.8, 4) is 0 Å². The van der Waals surface area contributed by atoms with E-state index in [2.05, 4.69) is 45.8 Å². The molecule has 0 N–H and O–H groups in total. The first kappa shape index (κ1) is 14.2. The molecule has 21 heavy (non-hydrogen) atoms. The Morgan fingerprint density at radius 1 is 1.14 bits per heavy atom. The number of benzene rings is 2. The summed E-state index contributed by atoms with van der Waals surface area (Å²) in [5.74, 6) is 0. The number of pyridine rings is 1. The number of para-hydroxylation sites is 1. The number of imidazole rings is 1. The molecular formula is C17H13IrN2O-. The van der Waals surface area contributed by atoms with Gasteiger partial charge in [-0.25, -0.2) is 0 Å². The van der Waals surface area contributed by atoms with Crippen molar-refractivity contribution in [2.24, 2.45) is 0 Å². The molecule has 0 bridgehead atoms. The van der Waals surface area contributed by atoms with Crippen molar-refractivity contribution in [2.75, 3.05) is 7.11 Å². The third-order valence-electron chi connectivity index (χ3n) is 3.58. The summed E-state index contributed by atoms with van der Waals surface area (Å²) in [6.45, 7) is 0.518. The molecule has 107 valence electrons. The normalized spacial score (nSPS) is 11.1. The summed E-state index contributed by atoms with van der Waals surface area (Å²) in [6.07, 6.45) is 2.04. The minimum Gasteiger partial charge on any atom is -0.378 e. The van der Waals surface area contributed by atoms with Crippen LogP contribution < -0.4 is 0 Å². The molecule has 0 saturated heterocycles. The third kappa shape index (κ3) is 2.16. The first-order chi connectivity index (χ1) is 9.88. The Morgan fingerprint density at radius 2 is 1.95 bits per heavy atom. The minimum absolute atomic E-state index is 0. The van der Waals surface area contributed by atoms with Gasteiger partial charge in [0, 0.05) is 38.9 Å². The molecule has 1 radical (unpaired) electrons. The first-order valence-corrected chi connectivity index (χ1v) is 6.56. The van der Waals surface area contributed by atoms with Gasteiger partial charge in [-0.2, -0.15) is 0 Å². The molecule has 0 unspecified atom stereocenters. The number of aromatic nitrogens is 2. The summed E-state index contributed by atoms with van der Waals surface area (Å²) < 4.78 is 7.32. The van der Waals surface area contributed by atoms with Crippen LogP contribution in [0.25, 0.3) is 27.3 Å². The van der Waals surface area contributed by atoms with Crippen LogP contribution in [0.3, 0.4) is 0 Å². The SMILES string of the molecule is COCc1cn2c3ccccc3c3ccc[c-]c3c2n1.[Ir]. The molecule has 0 amide bonds. The second-order valence-electron chi connectivity index (χ2n) is 4.83. The Bertz CT molecular complexity index is 857. The summed E-state index contributed by atoms with van der Waals surface area (Å²) in [4.78, 5) is 4.69. The molecule has 4 aromatic rings. The Balaban J connectivity index is 0.00000132. The van der Waals surface area contributed by atoms with Gasteiger partial charge in [0.25, 0.3) is 0 Å². The number of ether oxygens (including phenoxy) is 1. The largest absolute Gasteiger partial charge is 0.378 e. The Morgan fingerprint density at radius 3 is 2.81 bits per heavy atom. The zero-order valence-corrected chi connectivity index (χ0v) is 13.9. The van der Waals surface area contributed by atoms with Gasteiger partial charge >= 0.3 is 0 Å². The van der Waals surface area contributed by atoms with Crippen LogP contribution in [0.4, 0.5) is 0 Å². The summed E-state index contributed by atoms with van der Waals surface area (Å²) in [5, 5.41) is 3.45. The van der Waals surface area contributed by atoms with Gasteiger partial charge in [0.05, 0.1) is 17.9 Å². The van der Waals surface area contributed by atoms with Crippen molar-refractivity contribution in [3.63, 3.8) is 0 Å². The monoisotopic (exact) mass is 454 g/mol. The second kappa shape index (κ2) is 5.57. The predicted octanol–water partition coefficient (Wildman–Crippen LogP) is 3.58. The van der Waals surface area contributed by atoms with Gasteiger partial charge in [0.1, 0.15) is 0 Å². The smallest absolute Gasteiger partial charge is 0.0889 e. The molecule has 0 spiro atoms. The fraction of sp³-hybridized carbons (Fsp3) is 0.118. The number of fused-ring (bicyclic) bond motifs is 6. The van der Waals surface area contributed by atoms with Crippen LogP contribution in [0.5, 0.6) is 0 Å². The second-order valence-corrected chi connectivity index (χ2v) is 4.83. The molecule has 0 saturated carbocycles. The van der Waals surface area contributed by atoms with Crippen LogP contribution in [0.2, 0.25) is 0 Å². The zero-order valence-electron chi connectivity index (χ0n) is 11.5. The molecule has 0 fully saturated rings. The molecule has 4 heteroatoms. The van der Waals surface area contributed by atoms with Gasteiger partial charge in [-0.15, -0.1) is 29.7 Å². The maximum Gasteiger partial charge on any atom is 0.0889 e. The number of rotatable bonds is 2. The predicted molar refractivity (Wildman–Crippen MR) is 79.8 cm³/mol. The van der Waals surface area contributed by atoms with E-state index in [4.69, 9.17) is 4.74 Å². The van der Waals surface area contributed by atoms with Gasteiger partial charge in [0.2, 0.25) is 0 Å². The van der Waals surface area contributed by atoms with Gasteiger partial charge in [0.15, 0.2) is 0 Å². The third-order valence-corrected chi connectivity index (χ3v) is 3.58. The number of methoxy groups -OCH3 is 1. The van der Waals surface area contributed by atoms with Crippen molar-refractivity contribution in [1.29, 1.82) is 0 Å². The molecule has 0 aliphatic rings. The van der Waals surface area contributed by atoms with Gasteiger partial charge in [-0.1, -0.05) is 23.6 Å². The number of nitrogens with zero attached hydrogens (tertiary/aromatic N) is 2. The molecule has 0 atom stereocenters. The van der Waals surface area contributed by atoms with Crippen molar-refractivity contribution in [2.45, 2.75) is 6.61 Å². The number of hydrogen-bond donors (Lipinski definition) is 0. The molecule has 2 heterocycles. The van der Waals surface area contributed by atoms with Crippen molar-refractivity contribution >= 4 is 27.3 Å². The standard InChI is InChI=1S/C17H13N2O.Ir/c1-20-11-12-10-19-16-9-5-4-7-14(16)13-6-2-3-8-15(13)17(19)18-12;/h2-7,9-10H,11H2,1H3;/q-1;. The summed E-state index contributed by atoms with van der Waals surface area (Å²) in [7, 11) is 1.69. The molecule has 0 aliphatic carbocycles. The van der Waals surface area contributed by atoms with Crippen molar-refractivity contribution in [1.82, 2.24) is 9.38 Å². The van der Waals surface area contributed by atoms with E-state index in [0.29, 0.717) is 6.61 Å². The van der Waals surface area contributed by atoms with Gasteiger partial charge in [-0.3, -0.25) is 4.98 Å². The van der Waals surface area contributed by atoms with Crippen LogP contribution in [-0.2, 0) is 31.4 Å². The van der Waals surface area contributed by atoms with E-state index in [1.54, 1.807) is 7.11 Å². The molecule has 2 aromatic carbocycles. The fourth-order valence-electron chi connectivity index (χ4n) is 2.76. The summed E-state index contributed by atoms with van der Waals surface area (Å²) in [6, 6.07) is 17.8. The quantitative estimate of drug-likeness (QED) is 0.343. The zero-order chi connectivity index (χ0) is 13.5. The van der Waals surface area contributed by atoms with Crippen LogP contribution in [0.15, 0.2) is 48.7 Å². The maximum atomic E-state index is 5.20. The van der Waals surface area contributed by atoms with Gasteiger partial charge in [-0.05, 0) is 11.5 Å². The van der Waals surface area contributed by atoms with E-state index >= 15 is 0 Å². The fourth-order valence-corrected chi connectivity index (χ4v) is 2.76. The average Bonchev–Trinajstić information content (AvgIpc) is 2.92. The molecule has 2 aromatic heterocycles. The summed E-state index contributed by atoms with van der Waals surface area (Å²) >= 11 is 0. The van der Waals surface area contributed by atoms with E-state index in [9.17, 15) is 0 Å². The molecule has 4 rings (SSSR count). The number of hydrogen-bond acceptors (Lipinski definition) is 2. The van der Waals surface area contributed by atoms with Crippen LogP contribution in [0.1, 0.15) is 5.69 Å². The van der Waals surface area contributed by atoms with E-state index in [1.807, 2.05) is 18.3 Å². The maximum absolute atomic E-state index is 5.20. The molecule has 0 aliphatic heterocycles. The van der Waals surface area contributed by atoms with Crippen molar-refractivity contribution < 1.29 is 24.8 Å². The van der Waals surface area contributed by atoms with Crippen molar-refractivity contribution in [3.05, 3.63) is 60.4 Å². The van der Waals surface area contributed by atoms with E-state index in [-0.39, 0.29) is 20.1 Å². The molecule has 3 nitrogen and oxygen atoms in total. The minimum atomic E-state index is 0. The molecular weight excluding hydrogens is 440 g/mol. The van der Waals surface area contributed by atoms with E-state index in [0.717, 1.165) is 22.2 Å². The Kier molecular flexibility index (Phi) is 3.77. The Hall–Kier alpha value is -1.74. The topological polar surface area (TPSA) is 26.5 Å². The van der Waals surface area contributed by atoms with Crippen LogP contribution >= 0.6 is 0 Å². The summed E-state index contributed by atoms with van der Waals surface area (Å²) in [5.41, 5.74) is 3.03. The van der Waals surface area contributed by atoms with E-state index in [1.165, 1.54) is 10.8 Å². The van der Waals surface area contributed by atoms with Gasteiger partial charge < -0.3 is 9.14 Å². The van der Waals surface area contributed by atoms with E-state index < -0.39 is 0 Å².